The van der Waals surface area contributed by atoms with Crippen LogP contribution >= 0.6 is 0 Å². The van der Waals surface area contributed by atoms with E-state index >= 15 is 0 Å². The Morgan fingerprint density at radius 2 is 1.93 bits per heavy atom. The Kier molecular flexibility index (Phi) is 1.37. The molecule has 0 aromatic heterocycles. The molecule has 66 valence electrons. The van der Waals surface area contributed by atoms with E-state index in [0.29, 0.717) is 0 Å². The predicted octanol–water partition coefficient (Wildman–Crippen LogP) is 2.76. The van der Waals surface area contributed by atoms with Gasteiger partial charge in [-0.3, -0.25) is 4.79 Å². The van der Waals surface area contributed by atoms with Gasteiger partial charge in [0, 0.05) is 11.1 Å². The van der Waals surface area contributed by atoms with E-state index < -0.39 is 0 Å². The molecule has 0 N–H and O–H groups in total. The van der Waals surface area contributed by atoms with E-state index in [4.69, 9.17) is 0 Å². The van der Waals surface area contributed by atoms with Crippen LogP contribution in [0.25, 0.3) is 6.08 Å². The van der Waals surface area contributed by atoms with Crippen molar-refractivity contribution in [1.82, 2.24) is 0 Å². The highest BCUT2D eigenvalue weighted by Gasteiger charge is 2.23. The standard InChI is InChI=1S/C13H8O/c14-13-11-6-2-1-4-9(11)8-10-5-3-7-12(10)13/h1-8H. The van der Waals surface area contributed by atoms with Crippen molar-refractivity contribution in [3.8, 4) is 0 Å². The zero-order valence-electron chi connectivity index (χ0n) is 7.53. The first-order valence-corrected chi connectivity index (χ1v) is 4.60. The third-order valence-corrected chi connectivity index (χ3v) is 2.61. The number of hydrogen-bond acceptors (Lipinski definition) is 1. The van der Waals surface area contributed by atoms with E-state index in [1.165, 1.54) is 0 Å². The molecular formula is C13H8O. The molecule has 0 bridgehead atoms. The Bertz CT molecular complexity index is 516. The number of carbonyl (C=O) groups excluding carboxylic acids is 1. The lowest BCUT2D eigenvalue weighted by molar-refractivity contribution is 0.103. The maximum absolute atomic E-state index is 11.9. The Morgan fingerprint density at radius 1 is 1.07 bits per heavy atom. The van der Waals surface area contributed by atoms with Gasteiger partial charge in [0.25, 0.3) is 0 Å². The molecule has 0 aliphatic heterocycles. The number of rotatable bonds is 0. The summed E-state index contributed by atoms with van der Waals surface area (Å²) < 4.78 is 0. The lowest BCUT2D eigenvalue weighted by atomic mass is 9.89. The Balaban J connectivity index is 2.31. The number of fused-ring (bicyclic) bond motifs is 2. The average Bonchev–Trinajstić information content (AvgIpc) is 2.66. The first-order valence-electron chi connectivity index (χ1n) is 4.60. The molecule has 3 rings (SSSR count). The molecule has 0 amide bonds. The smallest absolute Gasteiger partial charge is 0.194 e. The number of Topliss-reactive ketones (excluding diaryl/α,β-unsaturated/α-hetero) is 1. The van der Waals surface area contributed by atoms with E-state index in [0.717, 1.165) is 22.3 Å². The Labute approximate surface area is 82.1 Å². The van der Waals surface area contributed by atoms with Crippen LogP contribution in [0.3, 0.4) is 0 Å². The minimum absolute atomic E-state index is 0.142. The average molecular weight is 180 g/mol. The largest absolute Gasteiger partial charge is 0.289 e. The van der Waals surface area contributed by atoms with Gasteiger partial charge in [-0.15, -0.1) is 0 Å². The monoisotopic (exact) mass is 180 g/mol. The zero-order chi connectivity index (χ0) is 9.54. The first-order chi connectivity index (χ1) is 6.86. The molecule has 0 spiro atoms. The second kappa shape index (κ2) is 2.55. The second-order valence-corrected chi connectivity index (χ2v) is 3.46. The van der Waals surface area contributed by atoms with Crippen molar-refractivity contribution in [1.29, 1.82) is 0 Å². The fraction of sp³-hybridized carbons (Fsp3) is 0. The van der Waals surface area contributed by atoms with Crippen LogP contribution in [0.4, 0.5) is 0 Å². The fourth-order valence-corrected chi connectivity index (χ4v) is 1.91. The van der Waals surface area contributed by atoms with Gasteiger partial charge in [0.2, 0.25) is 0 Å². The topological polar surface area (TPSA) is 17.1 Å². The molecule has 0 saturated heterocycles. The van der Waals surface area contributed by atoms with Gasteiger partial charge in [0.15, 0.2) is 5.78 Å². The molecule has 2 aliphatic rings. The van der Waals surface area contributed by atoms with E-state index in [9.17, 15) is 4.79 Å². The quantitative estimate of drug-likeness (QED) is 0.600. The van der Waals surface area contributed by atoms with Gasteiger partial charge in [-0.25, -0.2) is 0 Å². The molecule has 1 aromatic rings. The van der Waals surface area contributed by atoms with Crippen LogP contribution in [0.1, 0.15) is 15.9 Å². The minimum atomic E-state index is 0.142. The Hall–Kier alpha value is -1.89. The number of hydrogen-bond donors (Lipinski definition) is 0. The van der Waals surface area contributed by atoms with Crippen LogP contribution in [-0.2, 0) is 0 Å². The van der Waals surface area contributed by atoms with Crippen molar-refractivity contribution in [2.24, 2.45) is 0 Å². The highest BCUT2D eigenvalue weighted by Crippen LogP contribution is 2.31. The molecular weight excluding hydrogens is 172 g/mol. The normalized spacial score (nSPS) is 17.3. The molecule has 0 unspecified atom stereocenters. The van der Waals surface area contributed by atoms with Crippen molar-refractivity contribution >= 4 is 11.9 Å². The highest BCUT2D eigenvalue weighted by molar-refractivity contribution is 6.17. The van der Waals surface area contributed by atoms with Crippen LogP contribution in [0.2, 0.25) is 0 Å². The molecule has 0 heterocycles. The summed E-state index contributed by atoms with van der Waals surface area (Å²) in [5.74, 6) is 0.142. The van der Waals surface area contributed by atoms with Crippen molar-refractivity contribution in [2.45, 2.75) is 0 Å². The molecule has 0 saturated carbocycles. The Morgan fingerprint density at radius 3 is 2.86 bits per heavy atom. The summed E-state index contributed by atoms with van der Waals surface area (Å²) in [6.07, 6.45) is 7.84. The van der Waals surface area contributed by atoms with E-state index in [1.54, 1.807) is 0 Å². The lowest BCUT2D eigenvalue weighted by Gasteiger charge is -2.13. The minimum Gasteiger partial charge on any atom is -0.289 e. The summed E-state index contributed by atoms with van der Waals surface area (Å²) in [7, 11) is 0. The maximum Gasteiger partial charge on any atom is 0.194 e. The number of carbonyl (C=O) groups is 1. The van der Waals surface area contributed by atoms with Crippen molar-refractivity contribution in [3.63, 3.8) is 0 Å². The van der Waals surface area contributed by atoms with Gasteiger partial charge in [0.1, 0.15) is 0 Å². The van der Waals surface area contributed by atoms with Crippen LogP contribution < -0.4 is 0 Å². The third-order valence-electron chi connectivity index (χ3n) is 2.61. The molecule has 14 heavy (non-hydrogen) atoms. The fourth-order valence-electron chi connectivity index (χ4n) is 1.91. The van der Waals surface area contributed by atoms with E-state index in [1.807, 2.05) is 42.5 Å². The SMILES string of the molecule is O=C1C2=CC=CC2=Cc2ccccc21. The van der Waals surface area contributed by atoms with Crippen LogP contribution in [0.5, 0.6) is 0 Å². The summed E-state index contributed by atoms with van der Waals surface area (Å²) in [6.45, 7) is 0. The van der Waals surface area contributed by atoms with Gasteiger partial charge in [-0.2, -0.15) is 0 Å². The summed E-state index contributed by atoms with van der Waals surface area (Å²) in [6, 6.07) is 7.71. The summed E-state index contributed by atoms with van der Waals surface area (Å²) in [4.78, 5) is 11.9. The van der Waals surface area contributed by atoms with Crippen molar-refractivity contribution in [3.05, 3.63) is 64.8 Å². The molecule has 1 aromatic carbocycles. The van der Waals surface area contributed by atoms with Crippen LogP contribution in [0, 0.1) is 0 Å². The predicted molar refractivity (Wildman–Crippen MR) is 56.0 cm³/mol. The van der Waals surface area contributed by atoms with Crippen molar-refractivity contribution in [2.75, 3.05) is 0 Å². The molecule has 1 nitrogen and oxygen atoms in total. The lowest BCUT2D eigenvalue weighted by Crippen LogP contribution is -2.09. The second-order valence-electron chi connectivity index (χ2n) is 3.46. The van der Waals surface area contributed by atoms with Gasteiger partial charge in [-0.1, -0.05) is 42.5 Å². The highest BCUT2D eigenvalue weighted by atomic mass is 16.1. The summed E-state index contributed by atoms with van der Waals surface area (Å²) in [5.41, 5.74) is 3.69. The number of benzene rings is 1. The molecule has 0 fully saturated rings. The van der Waals surface area contributed by atoms with E-state index in [2.05, 4.69) is 6.08 Å². The van der Waals surface area contributed by atoms with Gasteiger partial charge in [-0.05, 0) is 17.2 Å². The van der Waals surface area contributed by atoms with E-state index in [-0.39, 0.29) is 5.78 Å². The van der Waals surface area contributed by atoms with Crippen LogP contribution in [-0.4, -0.2) is 5.78 Å². The number of ketones is 1. The summed E-state index contributed by atoms with van der Waals surface area (Å²) >= 11 is 0. The molecule has 0 radical (unpaired) electrons. The first kappa shape index (κ1) is 7.51. The molecule has 0 atom stereocenters. The molecule has 2 aliphatic carbocycles. The summed E-state index contributed by atoms with van der Waals surface area (Å²) in [5, 5.41) is 0. The maximum atomic E-state index is 11.9. The van der Waals surface area contributed by atoms with Crippen molar-refractivity contribution < 1.29 is 4.79 Å². The van der Waals surface area contributed by atoms with Gasteiger partial charge in [0.05, 0.1) is 0 Å². The number of allylic oxidation sites excluding steroid dienone is 5. The molecule has 1 heteroatoms. The van der Waals surface area contributed by atoms with Crippen LogP contribution in [0.15, 0.2) is 53.6 Å². The third kappa shape index (κ3) is 0.867. The van der Waals surface area contributed by atoms with Gasteiger partial charge < -0.3 is 0 Å². The van der Waals surface area contributed by atoms with Gasteiger partial charge >= 0.3 is 0 Å². The zero-order valence-corrected chi connectivity index (χ0v) is 7.53.